The molecule has 1 heterocycles. The summed E-state index contributed by atoms with van der Waals surface area (Å²) >= 11 is 0. The summed E-state index contributed by atoms with van der Waals surface area (Å²) in [6, 6.07) is 0. The molecule has 1 aliphatic rings. The van der Waals surface area contributed by atoms with E-state index in [2.05, 4.69) is 4.90 Å². The van der Waals surface area contributed by atoms with Crippen molar-refractivity contribution in [1.82, 2.24) is 4.90 Å². The fraction of sp³-hybridized carbons (Fsp3) is 1.00. The average Bonchev–Trinajstić information content (AvgIpc) is 2.00. The Bertz CT molecular complexity index is 211. The molecule has 1 aliphatic heterocycles. The van der Waals surface area contributed by atoms with Gasteiger partial charge in [-0.25, -0.2) is 0 Å². The highest BCUT2D eigenvalue weighted by molar-refractivity contribution is 5.06. The summed E-state index contributed by atoms with van der Waals surface area (Å²) in [5, 5.41) is 20.2. The molecule has 0 bridgehead atoms. The number of piperidine rings is 1. The molecule has 0 aromatic rings. The summed E-state index contributed by atoms with van der Waals surface area (Å²) in [5.41, 5.74) is -1.12. The van der Waals surface area contributed by atoms with Crippen LogP contribution in [0, 0.1) is 5.92 Å². The zero-order chi connectivity index (χ0) is 11.1. The van der Waals surface area contributed by atoms with Gasteiger partial charge in [-0.15, -0.1) is 0 Å². The Morgan fingerprint density at radius 2 is 1.86 bits per heavy atom. The van der Waals surface area contributed by atoms with Gasteiger partial charge in [-0.05, 0) is 47.7 Å². The highest BCUT2D eigenvalue weighted by atomic mass is 16.3. The lowest BCUT2D eigenvalue weighted by molar-refractivity contribution is -0.168. The number of likely N-dealkylation sites (N-methyl/N-ethyl adjacent to an activating group) is 1. The van der Waals surface area contributed by atoms with Crippen LogP contribution in [0.4, 0.5) is 0 Å². The van der Waals surface area contributed by atoms with Gasteiger partial charge in [0.05, 0.1) is 11.7 Å². The normalized spacial score (nSPS) is 40.9. The Hall–Kier alpha value is -0.120. The van der Waals surface area contributed by atoms with E-state index in [4.69, 9.17) is 0 Å². The third kappa shape index (κ3) is 1.58. The first-order chi connectivity index (χ1) is 6.21. The first-order valence-corrected chi connectivity index (χ1v) is 5.33. The van der Waals surface area contributed by atoms with Crippen LogP contribution >= 0.6 is 0 Å². The highest BCUT2D eigenvalue weighted by Gasteiger charge is 2.52. The maximum absolute atomic E-state index is 10.5. The largest absolute Gasteiger partial charge is 0.393 e. The van der Waals surface area contributed by atoms with Gasteiger partial charge in [0.1, 0.15) is 0 Å². The number of hydrogen-bond acceptors (Lipinski definition) is 3. The molecule has 0 aromatic carbocycles. The van der Waals surface area contributed by atoms with Gasteiger partial charge in [-0.3, -0.25) is 4.90 Å². The lowest BCUT2D eigenvalue weighted by Gasteiger charge is -2.55. The van der Waals surface area contributed by atoms with Crippen LogP contribution in [-0.4, -0.2) is 45.9 Å². The summed E-state index contributed by atoms with van der Waals surface area (Å²) in [5.74, 6) is -0.0336. The Labute approximate surface area is 86.7 Å². The molecule has 0 aromatic heterocycles. The van der Waals surface area contributed by atoms with Gasteiger partial charge >= 0.3 is 0 Å². The van der Waals surface area contributed by atoms with Gasteiger partial charge in [0.2, 0.25) is 0 Å². The SMILES string of the molecule is CC(O)C1CCN(C)C(C)(C)C1(C)O. The third-order valence-corrected chi connectivity index (χ3v) is 4.27. The second-order valence-corrected chi connectivity index (χ2v) is 5.26. The van der Waals surface area contributed by atoms with Gasteiger partial charge in [0, 0.05) is 11.5 Å². The number of likely N-dealkylation sites (tertiary alicyclic amines) is 1. The van der Waals surface area contributed by atoms with E-state index in [0.29, 0.717) is 0 Å². The highest BCUT2D eigenvalue weighted by Crippen LogP contribution is 2.41. The predicted molar refractivity (Wildman–Crippen MR) is 57.1 cm³/mol. The van der Waals surface area contributed by atoms with E-state index in [1.54, 1.807) is 6.92 Å². The van der Waals surface area contributed by atoms with Crippen molar-refractivity contribution in [1.29, 1.82) is 0 Å². The summed E-state index contributed by atoms with van der Waals surface area (Å²) in [4.78, 5) is 2.16. The molecule has 0 saturated carbocycles. The van der Waals surface area contributed by atoms with Gasteiger partial charge < -0.3 is 10.2 Å². The standard InChI is InChI=1S/C11H23NO2/c1-8(13)9-6-7-12(5)10(2,3)11(9,4)14/h8-9,13-14H,6-7H2,1-5H3. The molecular formula is C11H23NO2. The molecule has 3 heteroatoms. The summed E-state index contributed by atoms with van der Waals surface area (Å²) in [7, 11) is 2.02. The van der Waals surface area contributed by atoms with Crippen LogP contribution in [0.2, 0.25) is 0 Å². The molecule has 1 rings (SSSR count). The van der Waals surface area contributed by atoms with Crippen molar-refractivity contribution in [2.24, 2.45) is 5.92 Å². The first-order valence-electron chi connectivity index (χ1n) is 5.33. The molecule has 3 atom stereocenters. The smallest absolute Gasteiger partial charge is 0.0849 e. The van der Waals surface area contributed by atoms with Gasteiger partial charge in [0.15, 0.2) is 0 Å². The molecule has 3 nitrogen and oxygen atoms in total. The average molecular weight is 201 g/mol. The van der Waals surface area contributed by atoms with Crippen molar-refractivity contribution in [3.8, 4) is 0 Å². The molecule has 1 saturated heterocycles. The van der Waals surface area contributed by atoms with Crippen LogP contribution in [0.5, 0.6) is 0 Å². The molecule has 14 heavy (non-hydrogen) atoms. The maximum Gasteiger partial charge on any atom is 0.0849 e. The minimum atomic E-state index is -0.839. The van der Waals surface area contributed by atoms with Crippen LogP contribution in [0.25, 0.3) is 0 Å². The van der Waals surface area contributed by atoms with Gasteiger partial charge in [0.25, 0.3) is 0 Å². The number of aliphatic hydroxyl groups excluding tert-OH is 1. The number of aliphatic hydroxyl groups is 2. The Kier molecular flexibility index (Phi) is 2.96. The zero-order valence-electron chi connectivity index (χ0n) is 9.91. The molecule has 1 fully saturated rings. The van der Waals surface area contributed by atoms with Crippen molar-refractivity contribution in [3.05, 3.63) is 0 Å². The number of nitrogens with zero attached hydrogens (tertiary/aromatic N) is 1. The van der Waals surface area contributed by atoms with E-state index in [1.165, 1.54) is 0 Å². The lowest BCUT2D eigenvalue weighted by atomic mass is 9.67. The predicted octanol–water partition coefficient (Wildman–Crippen LogP) is 0.848. The van der Waals surface area contributed by atoms with E-state index in [1.807, 2.05) is 27.8 Å². The van der Waals surface area contributed by atoms with E-state index in [0.717, 1.165) is 13.0 Å². The van der Waals surface area contributed by atoms with Crippen LogP contribution in [0.1, 0.15) is 34.1 Å². The quantitative estimate of drug-likeness (QED) is 0.661. The van der Waals surface area contributed by atoms with Crippen LogP contribution in [0.15, 0.2) is 0 Å². The maximum atomic E-state index is 10.5. The molecule has 2 N–H and O–H groups in total. The van der Waals surface area contributed by atoms with Crippen LogP contribution in [-0.2, 0) is 0 Å². The Balaban J connectivity index is 2.97. The molecule has 3 unspecified atom stereocenters. The minimum Gasteiger partial charge on any atom is -0.393 e. The fourth-order valence-electron chi connectivity index (χ4n) is 2.44. The second kappa shape index (κ2) is 3.47. The molecule has 0 aliphatic carbocycles. The van der Waals surface area contributed by atoms with E-state index >= 15 is 0 Å². The summed E-state index contributed by atoms with van der Waals surface area (Å²) < 4.78 is 0. The number of hydrogen-bond donors (Lipinski definition) is 2. The minimum absolute atomic E-state index is 0.0336. The van der Waals surface area contributed by atoms with Crippen molar-refractivity contribution in [3.63, 3.8) is 0 Å². The molecule has 84 valence electrons. The first kappa shape index (κ1) is 12.0. The summed E-state index contributed by atoms with van der Waals surface area (Å²) in [6.07, 6.45) is 0.405. The van der Waals surface area contributed by atoms with Crippen LogP contribution < -0.4 is 0 Å². The topological polar surface area (TPSA) is 43.7 Å². The van der Waals surface area contributed by atoms with E-state index < -0.39 is 11.7 Å². The van der Waals surface area contributed by atoms with E-state index in [-0.39, 0.29) is 11.5 Å². The Morgan fingerprint density at radius 3 is 2.29 bits per heavy atom. The second-order valence-electron chi connectivity index (χ2n) is 5.26. The fourth-order valence-corrected chi connectivity index (χ4v) is 2.44. The van der Waals surface area contributed by atoms with Gasteiger partial charge in [-0.2, -0.15) is 0 Å². The van der Waals surface area contributed by atoms with Gasteiger partial charge in [-0.1, -0.05) is 0 Å². The lowest BCUT2D eigenvalue weighted by Crippen LogP contribution is -2.67. The summed E-state index contributed by atoms with van der Waals surface area (Å²) in [6.45, 7) is 8.59. The van der Waals surface area contributed by atoms with E-state index in [9.17, 15) is 10.2 Å². The molecular weight excluding hydrogens is 178 g/mol. The van der Waals surface area contributed by atoms with Crippen molar-refractivity contribution < 1.29 is 10.2 Å². The van der Waals surface area contributed by atoms with Crippen molar-refractivity contribution in [2.75, 3.05) is 13.6 Å². The molecule has 0 radical (unpaired) electrons. The molecule has 0 spiro atoms. The van der Waals surface area contributed by atoms with Crippen molar-refractivity contribution in [2.45, 2.75) is 51.4 Å². The van der Waals surface area contributed by atoms with Crippen LogP contribution in [0.3, 0.4) is 0 Å². The third-order valence-electron chi connectivity index (χ3n) is 4.27. The zero-order valence-corrected chi connectivity index (χ0v) is 9.91. The number of rotatable bonds is 1. The monoisotopic (exact) mass is 201 g/mol. The molecule has 0 amide bonds. The van der Waals surface area contributed by atoms with Crippen molar-refractivity contribution >= 4 is 0 Å². The Morgan fingerprint density at radius 1 is 1.36 bits per heavy atom.